The van der Waals surface area contributed by atoms with Crippen molar-refractivity contribution in [2.45, 2.75) is 46.0 Å². The monoisotopic (exact) mass is 302 g/mol. The van der Waals surface area contributed by atoms with E-state index in [9.17, 15) is 4.79 Å². The topological polar surface area (TPSA) is 46.5 Å². The van der Waals surface area contributed by atoms with Crippen LogP contribution in [0.1, 0.15) is 45.1 Å². The van der Waals surface area contributed by atoms with E-state index in [-0.39, 0.29) is 11.8 Å². The van der Waals surface area contributed by atoms with Crippen molar-refractivity contribution < 1.29 is 14.6 Å². The molecule has 3 heteroatoms. The van der Waals surface area contributed by atoms with Crippen LogP contribution in [-0.2, 0) is 11.2 Å². The second kappa shape index (κ2) is 7.48. The molecule has 0 heterocycles. The van der Waals surface area contributed by atoms with Crippen LogP contribution in [0.5, 0.6) is 5.75 Å². The van der Waals surface area contributed by atoms with Crippen LogP contribution in [0.2, 0.25) is 0 Å². The molecular weight excluding hydrogens is 276 g/mol. The van der Waals surface area contributed by atoms with Gasteiger partial charge in [0.15, 0.2) is 0 Å². The van der Waals surface area contributed by atoms with Crippen LogP contribution >= 0.6 is 0 Å². The summed E-state index contributed by atoms with van der Waals surface area (Å²) in [6, 6.07) is 8.19. The molecule has 0 radical (unpaired) electrons. The summed E-state index contributed by atoms with van der Waals surface area (Å²) < 4.78 is 5.87. The maximum Gasteiger partial charge on any atom is 0.306 e. The van der Waals surface area contributed by atoms with Gasteiger partial charge >= 0.3 is 5.97 Å². The molecule has 1 aromatic rings. The van der Waals surface area contributed by atoms with Crippen molar-refractivity contribution in [2.75, 3.05) is 0 Å². The third-order valence-corrected chi connectivity index (χ3v) is 4.35. The number of carboxylic acids is 1. The smallest absolute Gasteiger partial charge is 0.306 e. The number of benzene rings is 1. The standard InChI is InChI=1S/C19H26O3/c1-13(2)12-15-4-10-18(11-5-15)22-14(3)16-6-8-17(9-7-16)19(20)21/h4-5,10-11,13,16-17H,3,6-9,12H2,1-2H3,(H,20,21). The normalized spacial score (nSPS) is 21.6. The predicted molar refractivity (Wildman–Crippen MR) is 87.8 cm³/mol. The Morgan fingerprint density at radius 1 is 1.18 bits per heavy atom. The third-order valence-electron chi connectivity index (χ3n) is 4.35. The Bertz CT molecular complexity index is 508. The molecule has 3 nitrogen and oxygen atoms in total. The molecule has 1 aliphatic carbocycles. The van der Waals surface area contributed by atoms with Gasteiger partial charge in [-0.3, -0.25) is 4.79 Å². The highest BCUT2D eigenvalue weighted by molar-refractivity contribution is 5.70. The number of hydrogen-bond acceptors (Lipinski definition) is 2. The number of rotatable bonds is 6. The maximum atomic E-state index is 11.0. The van der Waals surface area contributed by atoms with E-state index in [0.29, 0.717) is 5.92 Å². The fourth-order valence-corrected chi connectivity index (χ4v) is 3.06. The minimum atomic E-state index is -0.675. The molecular formula is C19H26O3. The van der Waals surface area contributed by atoms with Gasteiger partial charge in [-0.25, -0.2) is 0 Å². The molecule has 1 saturated carbocycles. The van der Waals surface area contributed by atoms with Gasteiger partial charge < -0.3 is 9.84 Å². The van der Waals surface area contributed by atoms with E-state index < -0.39 is 5.97 Å². The summed E-state index contributed by atoms with van der Waals surface area (Å²) in [5, 5.41) is 9.03. The highest BCUT2D eigenvalue weighted by Crippen LogP contribution is 2.33. The largest absolute Gasteiger partial charge is 0.481 e. The summed E-state index contributed by atoms with van der Waals surface area (Å²) in [5.41, 5.74) is 1.31. The van der Waals surface area contributed by atoms with E-state index in [0.717, 1.165) is 43.6 Å². The van der Waals surface area contributed by atoms with E-state index in [1.165, 1.54) is 5.56 Å². The van der Waals surface area contributed by atoms with Crippen LogP contribution in [0.4, 0.5) is 0 Å². The summed E-state index contributed by atoms with van der Waals surface area (Å²) in [6.07, 6.45) is 4.20. The number of aliphatic carboxylic acids is 1. The molecule has 22 heavy (non-hydrogen) atoms. The summed E-state index contributed by atoms with van der Waals surface area (Å²) in [7, 11) is 0. The number of ether oxygens (including phenoxy) is 1. The van der Waals surface area contributed by atoms with Gasteiger partial charge in [-0.15, -0.1) is 0 Å². The van der Waals surface area contributed by atoms with Gasteiger partial charge in [-0.1, -0.05) is 32.6 Å². The van der Waals surface area contributed by atoms with Crippen LogP contribution in [0.15, 0.2) is 36.6 Å². The average molecular weight is 302 g/mol. The minimum absolute atomic E-state index is 0.195. The van der Waals surface area contributed by atoms with E-state index in [1.807, 2.05) is 12.1 Å². The maximum absolute atomic E-state index is 11.0. The van der Waals surface area contributed by atoms with Gasteiger partial charge in [0.05, 0.1) is 11.7 Å². The molecule has 0 aliphatic heterocycles. The van der Waals surface area contributed by atoms with Crippen molar-refractivity contribution in [2.24, 2.45) is 17.8 Å². The molecule has 0 spiro atoms. The van der Waals surface area contributed by atoms with Gasteiger partial charge in [0.2, 0.25) is 0 Å². The zero-order chi connectivity index (χ0) is 16.1. The van der Waals surface area contributed by atoms with Crippen LogP contribution < -0.4 is 4.74 Å². The molecule has 1 N–H and O–H groups in total. The molecule has 0 bridgehead atoms. The van der Waals surface area contributed by atoms with E-state index in [2.05, 4.69) is 32.6 Å². The van der Waals surface area contributed by atoms with Crippen LogP contribution in [-0.4, -0.2) is 11.1 Å². The molecule has 0 saturated heterocycles. The highest BCUT2D eigenvalue weighted by atomic mass is 16.5. The van der Waals surface area contributed by atoms with Gasteiger partial charge in [0, 0.05) is 5.92 Å². The van der Waals surface area contributed by atoms with Crippen molar-refractivity contribution in [3.05, 3.63) is 42.2 Å². The Balaban J connectivity index is 1.86. The third kappa shape index (κ3) is 4.62. The molecule has 0 amide bonds. The molecule has 0 aromatic heterocycles. The lowest BCUT2D eigenvalue weighted by Crippen LogP contribution is -2.23. The van der Waals surface area contributed by atoms with Crippen molar-refractivity contribution in [3.63, 3.8) is 0 Å². The summed E-state index contributed by atoms with van der Waals surface area (Å²) in [4.78, 5) is 11.0. The Morgan fingerprint density at radius 2 is 1.73 bits per heavy atom. The molecule has 0 unspecified atom stereocenters. The van der Waals surface area contributed by atoms with Crippen LogP contribution in [0.25, 0.3) is 0 Å². The number of allylic oxidation sites excluding steroid dienone is 1. The van der Waals surface area contributed by atoms with E-state index in [1.54, 1.807) is 0 Å². The Hall–Kier alpha value is -1.77. The molecule has 1 fully saturated rings. The van der Waals surface area contributed by atoms with Crippen LogP contribution in [0, 0.1) is 17.8 Å². The molecule has 1 aromatic carbocycles. The van der Waals surface area contributed by atoms with Crippen LogP contribution in [0.3, 0.4) is 0 Å². The van der Waals surface area contributed by atoms with E-state index >= 15 is 0 Å². The molecule has 1 aliphatic rings. The molecule has 0 atom stereocenters. The first-order valence-electron chi connectivity index (χ1n) is 8.14. The summed E-state index contributed by atoms with van der Waals surface area (Å²) >= 11 is 0. The average Bonchev–Trinajstić information content (AvgIpc) is 2.49. The van der Waals surface area contributed by atoms with E-state index in [4.69, 9.17) is 9.84 Å². The Morgan fingerprint density at radius 3 is 2.23 bits per heavy atom. The Kier molecular flexibility index (Phi) is 5.64. The quantitative estimate of drug-likeness (QED) is 0.777. The first-order valence-corrected chi connectivity index (χ1v) is 8.14. The molecule has 120 valence electrons. The summed E-state index contributed by atoms with van der Waals surface area (Å²) in [6.45, 7) is 8.46. The van der Waals surface area contributed by atoms with Gasteiger partial charge in [0.1, 0.15) is 5.75 Å². The Labute approximate surface area is 133 Å². The van der Waals surface area contributed by atoms with Gasteiger partial charge in [-0.2, -0.15) is 0 Å². The second-order valence-electron chi connectivity index (χ2n) is 6.70. The zero-order valence-electron chi connectivity index (χ0n) is 13.5. The fourth-order valence-electron chi connectivity index (χ4n) is 3.06. The van der Waals surface area contributed by atoms with Gasteiger partial charge in [0.25, 0.3) is 0 Å². The van der Waals surface area contributed by atoms with Crippen molar-refractivity contribution >= 4 is 5.97 Å². The number of carbonyl (C=O) groups is 1. The van der Waals surface area contributed by atoms with Gasteiger partial charge in [-0.05, 0) is 55.7 Å². The first kappa shape index (κ1) is 16.6. The van der Waals surface area contributed by atoms with Crippen molar-refractivity contribution in [3.8, 4) is 5.75 Å². The lowest BCUT2D eigenvalue weighted by molar-refractivity contribution is -0.143. The second-order valence-corrected chi connectivity index (χ2v) is 6.70. The van der Waals surface area contributed by atoms with Crippen molar-refractivity contribution in [1.29, 1.82) is 0 Å². The predicted octanol–water partition coefficient (Wildman–Crippen LogP) is 4.67. The SMILES string of the molecule is C=C(Oc1ccc(CC(C)C)cc1)C1CCC(C(=O)O)CC1. The zero-order valence-corrected chi connectivity index (χ0v) is 13.5. The first-order chi connectivity index (χ1) is 10.5. The lowest BCUT2D eigenvalue weighted by atomic mass is 9.81. The number of carboxylic acid groups (broad SMARTS) is 1. The minimum Gasteiger partial charge on any atom is -0.481 e. The lowest BCUT2D eigenvalue weighted by Gasteiger charge is -2.27. The van der Waals surface area contributed by atoms with Crippen molar-refractivity contribution in [1.82, 2.24) is 0 Å². The summed E-state index contributed by atoms with van der Waals surface area (Å²) in [5.74, 6) is 1.63. The number of hydrogen-bond donors (Lipinski definition) is 1. The highest BCUT2D eigenvalue weighted by Gasteiger charge is 2.28. The molecule has 2 rings (SSSR count). The fraction of sp³-hybridized carbons (Fsp3) is 0.526.